The van der Waals surface area contributed by atoms with Gasteiger partial charge in [0.1, 0.15) is 5.60 Å². The van der Waals surface area contributed by atoms with Gasteiger partial charge >= 0.3 is 6.03 Å². The van der Waals surface area contributed by atoms with Crippen LogP contribution in [0.25, 0.3) is 5.70 Å². The van der Waals surface area contributed by atoms with Gasteiger partial charge in [-0.15, -0.1) is 0 Å². The number of amides is 2. The molecule has 5 heteroatoms. The van der Waals surface area contributed by atoms with Gasteiger partial charge in [0.2, 0.25) is 0 Å². The highest BCUT2D eigenvalue weighted by atomic mass is 16.7. The van der Waals surface area contributed by atoms with Crippen LogP contribution >= 0.6 is 0 Å². The summed E-state index contributed by atoms with van der Waals surface area (Å²) < 4.78 is 0. The van der Waals surface area contributed by atoms with E-state index in [1.165, 1.54) is 11.1 Å². The normalized spacial score (nSPS) is 17.9. The van der Waals surface area contributed by atoms with Crippen LogP contribution in [-0.4, -0.2) is 29.6 Å². The topological polar surface area (TPSA) is 53.6 Å². The third-order valence-electron chi connectivity index (χ3n) is 5.86. The van der Waals surface area contributed by atoms with Crippen molar-refractivity contribution in [2.75, 3.05) is 18.4 Å². The summed E-state index contributed by atoms with van der Waals surface area (Å²) in [6.07, 6.45) is 3.72. The van der Waals surface area contributed by atoms with Crippen molar-refractivity contribution in [1.29, 1.82) is 0 Å². The largest absolute Gasteiger partial charge is 0.324 e. The minimum Gasteiger partial charge on any atom is -0.324 e. The van der Waals surface area contributed by atoms with Gasteiger partial charge in [0.05, 0.1) is 5.70 Å². The second kappa shape index (κ2) is 7.91. The number of urea groups is 1. The average molecular weight is 392 g/mol. The smallest absolute Gasteiger partial charge is 0.321 e. The Morgan fingerprint density at radius 3 is 2.34 bits per heavy atom. The standard InChI is InChI=1S/C24H29N3O2/c1-17(2)19-8-10-21(11-9-19)25-23(28)27-14-12-24(13-15-27)16-22(26-29-24)20-6-4-18(3)5-7-20/h4-11,16-17,26H,12-15H2,1-3H3,(H,25,28). The van der Waals surface area contributed by atoms with Crippen LogP contribution in [-0.2, 0) is 4.84 Å². The fraction of sp³-hybridized carbons (Fsp3) is 0.375. The van der Waals surface area contributed by atoms with Crippen LogP contribution in [0.3, 0.4) is 0 Å². The van der Waals surface area contributed by atoms with E-state index in [1.807, 2.05) is 17.0 Å². The van der Waals surface area contributed by atoms with Gasteiger partial charge in [0, 0.05) is 31.6 Å². The van der Waals surface area contributed by atoms with Crippen molar-refractivity contribution >= 4 is 17.4 Å². The lowest BCUT2D eigenvalue weighted by molar-refractivity contribution is -0.0634. The van der Waals surface area contributed by atoms with Gasteiger partial charge in [-0.25, -0.2) is 4.79 Å². The summed E-state index contributed by atoms with van der Waals surface area (Å²) >= 11 is 0. The highest BCUT2D eigenvalue weighted by Crippen LogP contribution is 2.35. The third-order valence-corrected chi connectivity index (χ3v) is 5.86. The Bertz CT molecular complexity index is 893. The zero-order valence-corrected chi connectivity index (χ0v) is 17.4. The zero-order chi connectivity index (χ0) is 20.4. The first-order chi connectivity index (χ1) is 13.9. The summed E-state index contributed by atoms with van der Waals surface area (Å²) in [4.78, 5) is 20.5. The predicted molar refractivity (Wildman–Crippen MR) is 116 cm³/mol. The Balaban J connectivity index is 1.35. The number of piperidine rings is 1. The maximum absolute atomic E-state index is 12.7. The fourth-order valence-electron chi connectivity index (χ4n) is 3.84. The molecule has 0 unspecified atom stereocenters. The molecule has 1 fully saturated rings. The molecule has 2 aromatic rings. The molecule has 1 saturated heterocycles. The van der Waals surface area contributed by atoms with Crippen LogP contribution in [0.15, 0.2) is 54.6 Å². The Kier molecular flexibility index (Phi) is 5.33. The predicted octanol–water partition coefficient (Wildman–Crippen LogP) is 5.06. The summed E-state index contributed by atoms with van der Waals surface area (Å²) in [6.45, 7) is 7.73. The molecule has 2 N–H and O–H groups in total. The number of aryl methyl sites for hydroxylation is 1. The highest BCUT2D eigenvalue weighted by Gasteiger charge is 2.39. The number of hydrogen-bond donors (Lipinski definition) is 2. The van der Waals surface area contributed by atoms with Gasteiger partial charge in [0.25, 0.3) is 0 Å². The molecular weight excluding hydrogens is 362 g/mol. The lowest BCUT2D eigenvalue weighted by Crippen LogP contribution is -2.48. The number of hydrogen-bond acceptors (Lipinski definition) is 3. The summed E-state index contributed by atoms with van der Waals surface area (Å²) in [7, 11) is 0. The Morgan fingerprint density at radius 2 is 1.72 bits per heavy atom. The monoisotopic (exact) mass is 391 g/mol. The molecular formula is C24H29N3O2. The van der Waals surface area contributed by atoms with E-state index in [9.17, 15) is 4.79 Å². The van der Waals surface area contributed by atoms with Crippen molar-refractivity contribution in [2.45, 2.75) is 45.1 Å². The van der Waals surface area contributed by atoms with Crippen molar-refractivity contribution in [1.82, 2.24) is 10.4 Å². The van der Waals surface area contributed by atoms with E-state index < -0.39 is 0 Å². The number of carbonyl (C=O) groups excluding carboxylic acids is 1. The summed E-state index contributed by atoms with van der Waals surface area (Å²) in [6, 6.07) is 16.4. The molecule has 0 saturated carbocycles. The molecule has 0 aliphatic carbocycles. The number of carbonyl (C=O) groups is 1. The first-order valence-electron chi connectivity index (χ1n) is 10.3. The highest BCUT2D eigenvalue weighted by molar-refractivity contribution is 5.89. The van der Waals surface area contributed by atoms with Gasteiger partial charge in [0.15, 0.2) is 0 Å². The van der Waals surface area contributed by atoms with Gasteiger partial charge < -0.3 is 10.2 Å². The van der Waals surface area contributed by atoms with E-state index in [0.29, 0.717) is 19.0 Å². The SMILES string of the molecule is Cc1ccc(C2=CC3(CCN(C(=O)Nc4ccc(C(C)C)cc4)CC3)ON2)cc1. The molecule has 0 radical (unpaired) electrons. The second-order valence-electron chi connectivity index (χ2n) is 8.39. The Hall–Kier alpha value is -2.79. The molecule has 152 valence electrons. The molecule has 29 heavy (non-hydrogen) atoms. The molecule has 0 bridgehead atoms. The van der Waals surface area contributed by atoms with Gasteiger partial charge in [-0.05, 0) is 42.2 Å². The number of nitrogens with one attached hydrogen (secondary N) is 2. The number of nitrogens with zero attached hydrogens (tertiary/aromatic N) is 1. The molecule has 4 rings (SSSR count). The maximum atomic E-state index is 12.7. The van der Waals surface area contributed by atoms with Crippen LogP contribution in [0, 0.1) is 6.92 Å². The first-order valence-corrected chi connectivity index (χ1v) is 10.3. The minimum atomic E-state index is -0.337. The van der Waals surface area contributed by atoms with Crippen LogP contribution in [0.4, 0.5) is 10.5 Å². The molecule has 2 heterocycles. The van der Waals surface area contributed by atoms with E-state index in [0.717, 1.165) is 29.8 Å². The number of rotatable bonds is 3. The number of anilines is 1. The quantitative estimate of drug-likeness (QED) is 0.769. The molecule has 2 aliphatic heterocycles. The maximum Gasteiger partial charge on any atom is 0.321 e. The first kappa shape index (κ1) is 19.5. The Labute approximate surface area is 172 Å². The van der Waals surface area contributed by atoms with Crippen molar-refractivity contribution < 1.29 is 9.63 Å². The molecule has 2 aliphatic rings. The molecule has 0 aromatic heterocycles. The van der Waals surface area contributed by atoms with Crippen molar-refractivity contribution in [3.05, 3.63) is 71.3 Å². The van der Waals surface area contributed by atoms with E-state index in [4.69, 9.17) is 4.84 Å². The fourth-order valence-corrected chi connectivity index (χ4v) is 3.84. The van der Waals surface area contributed by atoms with Gasteiger partial charge in [-0.2, -0.15) is 0 Å². The summed E-state index contributed by atoms with van der Waals surface area (Å²) in [5, 5.41) is 3.01. The van der Waals surface area contributed by atoms with Gasteiger partial charge in [-0.1, -0.05) is 55.8 Å². The number of benzene rings is 2. The molecule has 1 spiro atoms. The van der Waals surface area contributed by atoms with E-state index in [1.54, 1.807) is 0 Å². The molecule has 2 aromatic carbocycles. The van der Waals surface area contributed by atoms with Crippen molar-refractivity contribution in [3.8, 4) is 0 Å². The molecule has 2 amide bonds. The Morgan fingerprint density at radius 1 is 1.07 bits per heavy atom. The van der Waals surface area contributed by atoms with Crippen LogP contribution in [0.1, 0.15) is 49.3 Å². The van der Waals surface area contributed by atoms with Gasteiger partial charge in [-0.3, -0.25) is 10.3 Å². The summed E-state index contributed by atoms with van der Waals surface area (Å²) in [5.41, 5.74) is 8.22. The number of hydroxylamine groups is 1. The molecule has 5 nitrogen and oxygen atoms in total. The summed E-state index contributed by atoms with van der Waals surface area (Å²) in [5.74, 6) is 0.482. The molecule has 0 atom stereocenters. The number of likely N-dealkylation sites (tertiary alicyclic amines) is 1. The average Bonchev–Trinajstić information content (AvgIpc) is 3.13. The lowest BCUT2D eigenvalue weighted by Gasteiger charge is -2.36. The lowest BCUT2D eigenvalue weighted by atomic mass is 9.90. The van der Waals surface area contributed by atoms with Crippen molar-refractivity contribution in [2.24, 2.45) is 0 Å². The van der Waals surface area contributed by atoms with Crippen LogP contribution in [0.2, 0.25) is 0 Å². The minimum absolute atomic E-state index is 0.0501. The van der Waals surface area contributed by atoms with Crippen LogP contribution in [0.5, 0.6) is 0 Å². The van der Waals surface area contributed by atoms with Crippen LogP contribution < -0.4 is 10.8 Å². The van der Waals surface area contributed by atoms with E-state index >= 15 is 0 Å². The second-order valence-corrected chi connectivity index (χ2v) is 8.39. The van der Waals surface area contributed by atoms with E-state index in [-0.39, 0.29) is 11.6 Å². The third kappa shape index (κ3) is 4.30. The van der Waals surface area contributed by atoms with E-state index in [2.05, 4.69) is 74.0 Å². The van der Waals surface area contributed by atoms with Crippen molar-refractivity contribution in [3.63, 3.8) is 0 Å². The zero-order valence-electron chi connectivity index (χ0n) is 17.4.